The number of amides is 4. The highest BCUT2D eigenvalue weighted by atomic mass is 16.4. The maximum Gasteiger partial charge on any atom is 0.336 e. The largest absolute Gasteiger partial charge is 0.423 e. The van der Waals surface area contributed by atoms with Gasteiger partial charge in [0.15, 0.2) is 5.96 Å². The third-order valence-electron chi connectivity index (χ3n) is 7.59. The van der Waals surface area contributed by atoms with E-state index < -0.39 is 35.6 Å². The molecular formula is C32H39N7O6. The summed E-state index contributed by atoms with van der Waals surface area (Å²) in [7, 11) is 0. The minimum absolute atomic E-state index is 0.0858. The predicted molar refractivity (Wildman–Crippen MR) is 170 cm³/mol. The molecule has 4 amide bonds. The van der Waals surface area contributed by atoms with Crippen molar-refractivity contribution < 1.29 is 23.6 Å². The summed E-state index contributed by atoms with van der Waals surface area (Å²) in [4.78, 5) is 70.1. The van der Waals surface area contributed by atoms with Crippen LogP contribution in [0.15, 0.2) is 68.8 Å². The Balaban J connectivity index is 1.50. The first kappa shape index (κ1) is 32.7. The molecule has 1 aromatic heterocycles. The van der Waals surface area contributed by atoms with Crippen LogP contribution in [0.2, 0.25) is 0 Å². The second kappa shape index (κ2) is 15.0. The molecule has 0 aliphatic carbocycles. The molecule has 1 fully saturated rings. The van der Waals surface area contributed by atoms with Crippen molar-refractivity contribution in [1.82, 2.24) is 15.5 Å². The number of nitrogens with one attached hydrogen (secondary N) is 3. The summed E-state index contributed by atoms with van der Waals surface area (Å²) >= 11 is 0. The third-order valence-corrected chi connectivity index (χ3v) is 7.59. The van der Waals surface area contributed by atoms with Gasteiger partial charge in [-0.1, -0.05) is 30.3 Å². The number of nitrogens with zero attached hydrogens (tertiary/aromatic N) is 2. The first-order valence-electron chi connectivity index (χ1n) is 14.8. The molecule has 3 atom stereocenters. The number of hydrogen-bond acceptors (Lipinski definition) is 7. The molecule has 13 nitrogen and oxygen atoms in total. The van der Waals surface area contributed by atoms with E-state index in [2.05, 4.69) is 20.9 Å². The summed E-state index contributed by atoms with van der Waals surface area (Å²) in [5, 5.41) is 9.07. The quantitative estimate of drug-likeness (QED) is 0.0866. The van der Waals surface area contributed by atoms with E-state index >= 15 is 0 Å². The molecule has 3 aromatic rings. The maximum atomic E-state index is 13.7. The first-order chi connectivity index (χ1) is 21.5. The van der Waals surface area contributed by atoms with Crippen molar-refractivity contribution in [2.75, 3.05) is 18.4 Å². The Kier molecular flexibility index (Phi) is 10.9. The minimum atomic E-state index is -0.986. The number of carbonyl (C=O) groups excluding carboxylic acids is 4. The molecule has 7 N–H and O–H groups in total. The van der Waals surface area contributed by atoms with Crippen LogP contribution in [-0.4, -0.2) is 65.7 Å². The number of guanidine groups is 1. The van der Waals surface area contributed by atoms with E-state index in [-0.39, 0.29) is 37.2 Å². The van der Waals surface area contributed by atoms with Crippen LogP contribution >= 0.6 is 0 Å². The van der Waals surface area contributed by atoms with E-state index in [9.17, 15) is 24.0 Å². The molecular weight excluding hydrogens is 578 g/mol. The van der Waals surface area contributed by atoms with Crippen molar-refractivity contribution in [2.24, 2.45) is 16.5 Å². The summed E-state index contributed by atoms with van der Waals surface area (Å²) in [6.45, 7) is 3.71. The number of hydrogen-bond donors (Lipinski definition) is 5. The number of likely N-dealkylation sites (tertiary alicyclic amines) is 1. The van der Waals surface area contributed by atoms with Gasteiger partial charge in [0, 0.05) is 49.6 Å². The van der Waals surface area contributed by atoms with Crippen LogP contribution in [0.1, 0.15) is 43.7 Å². The van der Waals surface area contributed by atoms with Crippen molar-refractivity contribution in [3.8, 4) is 0 Å². The van der Waals surface area contributed by atoms with Gasteiger partial charge in [0.25, 0.3) is 0 Å². The number of nitrogens with two attached hydrogens (primary N) is 2. The van der Waals surface area contributed by atoms with Crippen LogP contribution in [0.5, 0.6) is 0 Å². The zero-order valence-corrected chi connectivity index (χ0v) is 25.4. The Morgan fingerprint density at radius 1 is 1.04 bits per heavy atom. The Labute approximate surface area is 260 Å². The zero-order chi connectivity index (χ0) is 32.5. The summed E-state index contributed by atoms with van der Waals surface area (Å²) < 4.78 is 5.30. The lowest BCUT2D eigenvalue weighted by molar-refractivity contribution is -0.141. The SMILES string of the molecule is CC(=O)N[C@@H](Cc1ccccc1)C(=O)N1CCC[C@H]1C(=O)NC(CCCN=C(N)N)C(=O)Nc1ccc2c(C)cc(=O)oc2c1. The number of aryl methyl sites for hydroxylation is 1. The number of fused-ring (bicyclic) bond motifs is 1. The van der Waals surface area contributed by atoms with Gasteiger partial charge in [-0.05, 0) is 55.9 Å². The van der Waals surface area contributed by atoms with Crippen LogP contribution in [0.3, 0.4) is 0 Å². The molecule has 13 heteroatoms. The highest BCUT2D eigenvalue weighted by Crippen LogP contribution is 2.22. The fourth-order valence-corrected chi connectivity index (χ4v) is 5.47. The molecule has 1 unspecified atom stereocenters. The average molecular weight is 618 g/mol. The van der Waals surface area contributed by atoms with Crippen LogP contribution in [0.25, 0.3) is 11.0 Å². The molecule has 1 aliphatic rings. The maximum absolute atomic E-state index is 13.7. The predicted octanol–water partition coefficient (Wildman–Crippen LogP) is 1.32. The van der Waals surface area contributed by atoms with Gasteiger partial charge >= 0.3 is 5.63 Å². The van der Waals surface area contributed by atoms with E-state index in [1.807, 2.05) is 30.3 Å². The van der Waals surface area contributed by atoms with Crippen molar-refractivity contribution in [3.63, 3.8) is 0 Å². The normalized spacial score (nSPS) is 15.6. The highest BCUT2D eigenvalue weighted by molar-refractivity contribution is 6.00. The third kappa shape index (κ3) is 8.91. The lowest BCUT2D eigenvalue weighted by Gasteiger charge is -2.30. The van der Waals surface area contributed by atoms with Crippen molar-refractivity contribution in [1.29, 1.82) is 0 Å². The van der Waals surface area contributed by atoms with Crippen LogP contribution in [0, 0.1) is 6.92 Å². The molecule has 238 valence electrons. The number of anilines is 1. The molecule has 0 spiro atoms. The molecule has 2 heterocycles. The van der Waals surface area contributed by atoms with Crippen LogP contribution in [-0.2, 0) is 25.6 Å². The van der Waals surface area contributed by atoms with Gasteiger partial charge in [0.05, 0.1) is 0 Å². The molecule has 0 bridgehead atoms. The molecule has 1 saturated heterocycles. The Morgan fingerprint density at radius 3 is 2.51 bits per heavy atom. The summed E-state index contributed by atoms with van der Waals surface area (Å²) in [5.74, 6) is -1.79. The number of aliphatic imine (C=N–C) groups is 1. The first-order valence-corrected chi connectivity index (χ1v) is 14.8. The number of benzene rings is 2. The summed E-state index contributed by atoms with van der Waals surface area (Å²) in [6.07, 6.45) is 1.85. The van der Waals surface area contributed by atoms with E-state index in [0.29, 0.717) is 37.1 Å². The number of carbonyl (C=O) groups is 4. The van der Waals surface area contributed by atoms with Gasteiger partial charge in [-0.25, -0.2) is 4.79 Å². The highest BCUT2D eigenvalue weighted by Gasteiger charge is 2.38. The van der Waals surface area contributed by atoms with Crippen molar-refractivity contribution in [3.05, 3.63) is 76.1 Å². The van der Waals surface area contributed by atoms with E-state index in [0.717, 1.165) is 16.5 Å². The van der Waals surface area contributed by atoms with Gasteiger partial charge in [-0.15, -0.1) is 0 Å². The zero-order valence-electron chi connectivity index (χ0n) is 25.4. The summed E-state index contributed by atoms with van der Waals surface area (Å²) in [5.41, 5.74) is 12.7. The second-order valence-electron chi connectivity index (χ2n) is 11.1. The Hall–Kier alpha value is -5.20. The van der Waals surface area contributed by atoms with Gasteiger partial charge in [-0.2, -0.15) is 0 Å². The minimum Gasteiger partial charge on any atom is -0.423 e. The van der Waals surface area contributed by atoms with E-state index in [1.54, 1.807) is 25.1 Å². The Bertz CT molecular complexity index is 1630. The van der Waals surface area contributed by atoms with E-state index in [1.165, 1.54) is 17.9 Å². The lowest BCUT2D eigenvalue weighted by atomic mass is 10.0. The molecule has 0 saturated carbocycles. The monoisotopic (exact) mass is 617 g/mol. The van der Waals surface area contributed by atoms with Gasteiger partial charge in [-0.3, -0.25) is 24.2 Å². The topological polar surface area (TPSA) is 202 Å². The standard InChI is InChI=1S/C32H39N7O6/c1-19-16-28(41)45-27-18-22(12-13-23(19)27)37-29(42)24(10-6-14-35-32(33)34)38-30(43)26-11-7-15-39(26)31(44)25(36-20(2)40)17-21-8-4-3-5-9-21/h3-5,8-9,12-13,16,18,24-26H,6-7,10-11,14-15,17H2,1-2H3,(H,36,40)(H,37,42)(H,38,43)(H4,33,34,35)/t24?,25-,26-/m0/s1. The number of rotatable bonds is 12. The van der Waals surface area contributed by atoms with Gasteiger partial charge in [0.2, 0.25) is 23.6 Å². The van der Waals surface area contributed by atoms with Crippen LogP contribution in [0.4, 0.5) is 5.69 Å². The second-order valence-corrected chi connectivity index (χ2v) is 11.1. The smallest absolute Gasteiger partial charge is 0.336 e. The fourth-order valence-electron chi connectivity index (χ4n) is 5.47. The summed E-state index contributed by atoms with van der Waals surface area (Å²) in [6, 6.07) is 13.0. The van der Waals surface area contributed by atoms with Gasteiger partial charge in [0.1, 0.15) is 23.7 Å². The van der Waals surface area contributed by atoms with Crippen molar-refractivity contribution >= 4 is 46.2 Å². The van der Waals surface area contributed by atoms with Crippen molar-refractivity contribution in [2.45, 2.75) is 64.1 Å². The molecule has 45 heavy (non-hydrogen) atoms. The molecule has 1 aliphatic heterocycles. The Morgan fingerprint density at radius 2 is 1.80 bits per heavy atom. The lowest BCUT2D eigenvalue weighted by Crippen LogP contribution is -2.56. The molecule has 2 aromatic carbocycles. The fraction of sp³-hybridized carbons (Fsp3) is 0.375. The molecule has 4 rings (SSSR count). The van der Waals surface area contributed by atoms with Crippen LogP contribution < -0.4 is 33.0 Å². The molecule has 0 radical (unpaired) electrons. The van der Waals surface area contributed by atoms with Gasteiger partial charge < -0.3 is 36.7 Å². The van der Waals surface area contributed by atoms with E-state index in [4.69, 9.17) is 15.9 Å². The average Bonchev–Trinajstić information content (AvgIpc) is 3.48.